The molecule has 21 heavy (non-hydrogen) atoms. The van der Waals surface area contributed by atoms with Crippen LogP contribution in [0.15, 0.2) is 17.0 Å². The SMILES string of the molecule is COC(=O)C1CCCN(c2nc(Br)c3c(C)nccn23)C1. The van der Waals surface area contributed by atoms with Crippen molar-refractivity contribution < 1.29 is 9.53 Å². The number of ether oxygens (including phenoxy) is 1. The molecule has 112 valence electrons. The molecule has 0 amide bonds. The number of nitrogens with zero attached hydrogens (tertiary/aromatic N) is 4. The summed E-state index contributed by atoms with van der Waals surface area (Å²) in [5, 5.41) is 0. The van der Waals surface area contributed by atoms with Crippen molar-refractivity contribution in [2.24, 2.45) is 5.92 Å². The van der Waals surface area contributed by atoms with E-state index in [4.69, 9.17) is 4.74 Å². The van der Waals surface area contributed by atoms with Crippen LogP contribution in [0.4, 0.5) is 5.95 Å². The van der Waals surface area contributed by atoms with Gasteiger partial charge in [-0.15, -0.1) is 0 Å². The Labute approximate surface area is 131 Å². The van der Waals surface area contributed by atoms with Gasteiger partial charge in [0.1, 0.15) is 10.1 Å². The number of methoxy groups -OCH3 is 1. The number of hydrogen-bond acceptors (Lipinski definition) is 5. The smallest absolute Gasteiger partial charge is 0.310 e. The van der Waals surface area contributed by atoms with E-state index in [2.05, 4.69) is 30.8 Å². The zero-order valence-corrected chi connectivity index (χ0v) is 13.6. The van der Waals surface area contributed by atoms with E-state index < -0.39 is 0 Å². The lowest BCUT2D eigenvalue weighted by Crippen LogP contribution is -2.40. The van der Waals surface area contributed by atoms with Crippen LogP contribution in [0, 0.1) is 12.8 Å². The number of imidazole rings is 1. The number of aryl methyl sites for hydroxylation is 1. The summed E-state index contributed by atoms with van der Waals surface area (Å²) in [5.74, 6) is 0.617. The van der Waals surface area contributed by atoms with Crippen molar-refractivity contribution in [3.05, 3.63) is 22.7 Å². The lowest BCUT2D eigenvalue weighted by Gasteiger charge is -2.31. The third-order valence-corrected chi connectivity index (χ3v) is 4.47. The fourth-order valence-corrected chi connectivity index (χ4v) is 3.51. The molecule has 0 N–H and O–H groups in total. The topological polar surface area (TPSA) is 59.7 Å². The van der Waals surface area contributed by atoms with Crippen molar-refractivity contribution in [3.63, 3.8) is 0 Å². The van der Waals surface area contributed by atoms with Crippen LogP contribution in [-0.2, 0) is 9.53 Å². The highest BCUT2D eigenvalue weighted by Gasteiger charge is 2.29. The minimum Gasteiger partial charge on any atom is -0.469 e. The molecule has 1 saturated heterocycles. The average molecular weight is 353 g/mol. The van der Waals surface area contributed by atoms with E-state index in [1.54, 1.807) is 6.20 Å². The van der Waals surface area contributed by atoms with Crippen LogP contribution in [0.25, 0.3) is 5.52 Å². The molecular formula is C14H17BrN4O2. The van der Waals surface area contributed by atoms with E-state index in [0.717, 1.165) is 41.1 Å². The van der Waals surface area contributed by atoms with E-state index in [1.165, 1.54) is 7.11 Å². The van der Waals surface area contributed by atoms with Gasteiger partial charge in [-0.25, -0.2) is 4.98 Å². The first-order valence-corrected chi connectivity index (χ1v) is 7.73. The molecule has 3 rings (SSSR count). The molecule has 7 heteroatoms. The average Bonchev–Trinajstić information content (AvgIpc) is 2.85. The number of aromatic nitrogens is 3. The monoisotopic (exact) mass is 352 g/mol. The molecule has 6 nitrogen and oxygen atoms in total. The summed E-state index contributed by atoms with van der Waals surface area (Å²) in [4.78, 5) is 22.8. The summed E-state index contributed by atoms with van der Waals surface area (Å²) in [5.41, 5.74) is 1.89. The first kappa shape index (κ1) is 14.3. The second-order valence-electron chi connectivity index (χ2n) is 5.24. The number of carbonyl (C=O) groups excluding carboxylic acids is 1. The molecule has 1 atom stereocenters. The molecule has 0 radical (unpaired) electrons. The Kier molecular flexibility index (Phi) is 3.84. The molecule has 2 aromatic rings. The number of anilines is 1. The minimum atomic E-state index is -0.141. The first-order chi connectivity index (χ1) is 10.1. The van der Waals surface area contributed by atoms with Crippen LogP contribution < -0.4 is 4.90 Å². The number of fused-ring (bicyclic) bond motifs is 1. The molecule has 0 saturated carbocycles. The third-order valence-electron chi connectivity index (χ3n) is 3.92. The molecule has 0 aliphatic carbocycles. The van der Waals surface area contributed by atoms with Gasteiger partial charge in [0.15, 0.2) is 0 Å². The lowest BCUT2D eigenvalue weighted by molar-refractivity contribution is -0.145. The highest BCUT2D eigenvalue weighted by atomic mass is 79.9. The maximum Gasteiger partial charge on any atom is 0.310 e. The summed E-state index contributed by atoms with van der Waals surface area (Å²) < 4.78 is 7.67. The molecule has 1 unspecified atom stereocenters. The summed E-state index contributed by atoms with van der Waals surface area (Å²) >= 11 is 3.50. The van der Waals surface area contributed by atoms with Gasteiger partial charge in [0.05, 0.1) is 18.7 Å². The molecule has 1 fully saturated rings. The summed E-state index contributed by atoms with van der Waals surface area (Å²) in [7, 11) is 1.44. The zero-order valence-electron chi connectivity index (χ0n) is 12.0. The van der Waals surface area contributed by atoms with Crippen molar-refractivity contribution in [2.75, 3.05) is 25.1 Å². The van der Waals surface area contributed by atoms with E-state index >= 15 is 0 Å². The Morgan fingerprint density at radius 3 is 3.10 bits per heavy atom. The number of halogens is 1. The van der Waals surface area contributed by atoms with E-state index in [1.807, 2.05) is 17.5 Å². The van der Waals surface area contributed by atoms with Crippen LogP contribution in [-0.4, -0.2) is 40.5 Å². The third kappa shape index (κ3) is 2.50. The summed E-state index contributed by atoms with van der Waals surface area (Å²) in [6.45, 7) is 3.49. The Bertz CT molecular complexity index is 685. The van der Waals surface area contributed by atoms with Crippen molar-refractivity contribution >= 4 is 33.4 Å². The number of carbonyl (C=O) groups is 1. The highest BCUT2D eigenvalue weighted by Crippen LogP contribution is 2.29. The van der Waals surface area contributed by atoms with Gasteiger partial charge in [0, 0.05) is 25.5 Å². The fourth-order valence-electron chi connectivity index (χ4n) is 2.87. The Hall–Kier alpha value is -1.63. The Morgan fingerprint density at radius 1 is 1.52 bits per heavy atom. The van der Waals surface area contributed by atoms with E-state index in [9.17, 15) is 4.79 Å². The molecule has 0 spiro atoms. The summed E-state index contributed by atoms with van der Waals surface area (Å²) in [6, 6.07) is 0. The standard InChI is InChI=1S/C14H17BrN4O2/c1-9-11-12(15)17-14(19(11)7-5-16-9)18-6-3-4-10(8-18)13(20)21-2/h5,7,10H,3-4,6,8H2,1-2H3. The molecular weight excluding hydrogens is 336 g/mol. The van der Waals surface area contributed by atoms with Gasteiger partial charge < -0.3 is 9.64 Å². The fraction of sp³-hybridized carbons (Fsp3) is 0.500. The maximum absolute atomic E-state index is 11.8. The predicted molar refractivity (Wildman–Crippen MR) is 82.4 cm³/mol. The largest absolute Gasteiger partial charge is 0.469 e. The van der Waals surface area contributed by atoms with Crippen molar-refractivity contribution in [1.29, 1.82) is 0 Å². The highest BCUT2D eigenvalue weighted by molar-refractivity contribution is 9.10. The van der Waals surface area contributed by atoms with Crippen molar-refractivity contribution in [1.82, 2.24) is 14.4 Å². The van der Waals surface area contributed by atoms with E-state index in [0.29, 0.717) is 6.54 Å². The quantitative estimate of drug-likeness (QED) is 0.775. The van der Waals surface area contributed by atoms with Crippen LogP contribution in [0.1, 0.15) is 18.5 Å². The molecule has 0 aromatic carbocycles. The van der Waals surface area contributed by atoms with Gasteiger partial charge in [0.25, 0.3) is 0 Å². The number of rotatable bonds is 2. The lowest BCUT2D eigenvalue weighted by atomic mass is 9.98. The number of hydrogen-bond donors (Lipinski definition) is 0. The van der Waals surface area contributed by atoms with E-state index in [-0.39, 0.29) is 11.9 Å². The molecule has 3 heterocycles. The van der Waals surface area contributed by atoms with Crippen molar-refractivity contribution in [2.45, 2.75) is 19.8 Å². The molecule has 1 aliphatic heterocycles. The summed E-state index contributed by atoms with van der Waals surface area (Å²) in [6.07, 6.45) is 5.49. The van der Waals surface area contributed by atoms with Crippen molar-refractivity contribution in [3.8, 4) is 0 Å². The van der Waals surface area contributed by atoms with Crippen LogP contribution >= 0.6 is 15.9 Å². The van der Waals surface area contributed by atoms with Gasteiger partial charge in [-0.3, -0.25) is 14.2 Å². The van der Waals surface area contributed by atoms with Crippen LogP contribution in [0.2, 0.25) is 0 Å². The first-order valence-electron chi connectivity index (χ1n) is 6.93. The Morgan fingerprint density at radius 2 is 2.33 bits per heavy atom. The molecule has 2 aromatic heterocycles. The predicted octanol–water partition coefficient (Wildman–Crippen LogP) is 2.19. The second-order valence-corrected chi connectivity index (χ2v) is 5.99. The van der Waals surface area contributed by atoms with Gasteiger partial charge >= 0.3 is 5.97 Å². The second kappa shape index (κ2) is 5.63. The zero-order chi connectivity index (χ0) is 15.0. The molecule has 1 aliphatic rings. The van der Waals surface area contributed by atoms with Crippen LogP contribution in [0.5, 0.6) is 0 Å². The van der Waals surface area contributed by atoms with Gasteiger partial charge in [-0.1, -0.05) is 0 Å². The number of esters is 1. The Balaban J connectivity index is 1.97. The van der Waals surface area contributed by atoms with Gasteiger partial charge in [-0.2, -0.15) is 0 Å². The maximum atomic E-state index is 11.8. The number of piperidine rings is 1. The van der Waals surface area contributed by atoms with Gasteiger partial charge in [-0.05, 0) is 35.7 Å². The molecule has 0 bridgehead atoms. The minimum absolute atomic E-state index is 0.0854. The van der Waals surface area contributed by atoms with Crippen LogP contribution in [0.3, 0.4) is 0 Å². The normalized spacial score (nSPS) is 19.0. The van der Waals surface area contributed by atoms with Gasteiger partial charge in [0.2, 0.25) is 5.95 Å².